The molecule has 1 unspecified atom stereocenters. The molecule has 0 bridgehead atoms. The molecule has 0 aliphatic rings. The number of rotatable bonds is 16. The first kappa shape index (κ1) is 36.0. The fourth-order valence-corrected chi connectivity index (χ4v) is 6.90. The zero-order valence-electron chi connectivity index (χ0n) is 27.1. The lowest BCUT2D eigenvalue weighted by molar-refractivity contribution is -0.155. The third-order valence-corrected chi connectivity index (χ3v) is 17.5. The molecule has 226 valence electrons. The van der Waals surface area contributed by atoms with Crippen LogP contribution in [0.25, 0.3) is 0 Å². The molecule has 0 saturated heterocycles. The van der Waals surface area contributed by atoms with Crippen LogP contribution in [0.2, 0.25) is 36.3 Å². The van der Waals surface area contributed by atoms with Crippen LogP contribution in [0.1, 0.15) is 80.2 Å². The van der Waals surface area contributed by atoms with E-state index in [-0.39, 0.29) is 28.9 Å². The number of hydrogen-bond acceptors (Lipinski definition) is 6. The van der Waals surface area contributed by atoms with E-state index in [1.54, 1.807) is 0 Å². The van der Waals surface area contributed by atoms with Crippen LogP contribution in [0.15, 0.2) is 30.3 Å². The van der Waals surface area contributed by atoms with Crippen LogP contribution in [0, 0.1) is 0 Å². The Balaban J connectivity index is 2.70. The molecule has 0 spiro atoms. The molecule has 0 aromatic heterocycles. The molecule has 0 amide bonds. The maximum Gasteiger partial charge on any atom is 0.335 e. The second kappa shape index (κ2) is 15.3. The molecule has 0 heterocycles. The number of carbonyl (C=O) groups excluding carboxylic acids is 1. The number of nitrogens with zero attached hydrogens (tertiary/aromatic N) is 1. The first-order chi connectivity index (χ1) is 17.7. The average Bonchev–Trinajstić information content (AvgIpc) is 2.78. The van der Waals surface area contributed by atoms with Crippen LogP contribution in [0.3, 0.4) is 0 Å². The van der Waals surface area contributed by atoms with E-state index in [0.29, 0.717) is 6.42 Å². The van der Waals surface area contributed by atoms with Gasteiger partial charge >= 0.3 is 5.97 Å². The normalized spacial score (nSPS) is 15.7. The summed E-state index contributed by atoms with van der Waals surface area (Å²) in [5.41, 5.74) is 0.914. The van der Waals surface area contributed by atoms with Crippen molar-refractivity contribution in [2.45, 2.75) is 136 Å². The predicted octanol–water partition coefficient (Wildman–Crippen LogP) is 7.38. The number of ether oxygens (including phenoxy) is 1. The van der Waals surface area contributed by atoms with E-state index in [4.69, 9.17) is 13.6 Å². The molecule has 0 radical (unpaired) electrons. The van der Waals surface area contributed by atoms with Gasteiger partial charge in [-0.15, -0.1) is 0 Å². The van der Waals surface area contributed by atoms with Gasteiger partial charge in [-0.25, -0.2) is 4.79 Å². The maximum absolute atomic E-state index is 12.3. The zero-order chi connectivity index (χ0) is 30.1. The van der Waals surface area contributed by atoms with E-state index >= 15 is 0 Å². The third kappa shape index (κ3) is 13.0. The van der Waals surface area contributed by atoms with Gasteiger partial charge in [0.1, 0.15) is 6.61 Å². The van der Waals surface area contributed by atoms with Crippen LogP contribution >= 0.6 is 0 Å². The molecular weight excluding hydrogens is 523 g/mol. The predicted molar refractivity (Wildman–Crippen MR) is 168 cm³/mol. The summed E-state index contributed by atoms with van der Waals surface area (Å²) in [6.07, 6.45) is 1.15. The molecule has 0 fully saturated rings. The lowest BCUT2D eigenvalue weighted by atomic mass is 10.1. The van der Waals surface area contributed by atoms with Crippen molar-refractivity contribution in [3.63, 3.8) is 0 Å². The van der Waals surface area contributed by atoms with Crippen molar-refractivity contribution in [3.8, 4) is 0 Å². The highest BCUT2D eigenvalue weighted by atomic mass is 28.4. The summed E-state index contributed by atoms with van der Waals surface area (Å²) in [5.74, 6) is -0.552. The monoisotopic (exact) mass is 581 g/mol. The van der Waals surface area contributed by atoms with Crippen LogP contribution in [-0.4, -0.2) is 70.6 Å². The maximum atomic E-state index is 12.3. The molecule has 39 heavy (non-hydrogen) atoms. The zero-order valence-corrected chi connectivity index (χ0v) is 29.1. The van der Waals surface area contributed by atoms with Gasteiger partial charge < -0.3 is 18.7 Å². The Morgan fingerprint density at radius 3 is 1.74 bits per heavy atom. The molecule has 0 aliphatic heterocycles. The SMILES string of the molecule is C[C@H](CN(CCCCC(O)C(=O)OCc1ccccc1)C[C@@H](C)O[Si](C)(C)C(C)(C)C)O[Si](C)(C)C(C)(C)C. The molecule has 1 N–H and O–H groups in total. The summed E-state index contributed by atoms with van der Waals surface area (Å²) >= 11 is 0. The van der Waals surface area contributed by atoms with E-state index < -0.39 is 28.7 Å². The number of unbranched alkanes of at least 4 members (excludes halogenated alkanes) is 1. The van der Waals surface area contributed by atoms with Gasteiger partial charge in [-0.05, 0) is 81.5 Å². The van der Waals surface area contributed by atoms with E-state index in [1.165, 1.54) is 0 Å². The molecule has 3 atom stereocenters. The lowest BCUT2D eigenvalue weighted by Crippen LogP contribution is -2.49. The molecule has 6 nitrogen and oxygen atoms in total. The van der Waals surface area contributed by atoms with Crippen LogP contribution in [-0.2, 0) is 25.0 Å². The fourth-order valence-electron chi connectivity index (χ4n) is 4.03. The van der Waals surface area contributed by atoms with Crippen LogP contribution in [0.4, 0.5) is 0 Å². The summed E-state index contributed by atoms with van der Waals surface area (Å²) in [4.78, 5) is 14.7. The quantitative estimate of drug-likeness (QED) is 0.125. The Morgan fingerprint density at radius 2 is 1.31 bits per heavy atom. The Hall–Kier alpha value is -1.04. The summed E-state index contributed by atoms with van der Waals surface area (Å²) in [6.45, 7) is 29.9. The number of hydrogen-bond donors (Lipinski definition) is 1. The largest absolute Gasteiger partial charge is 0.459 e. The van der Waals surface area contributed by atoms with Crippen molar-refractivity contribution in [1.29, 1.82) is 0 Å². The van der Waals surface area contributed by atoms with Gasteiger partial charge in [0.05, 0.1) is 12.2 Å². The highest BCUT2D eigenvalue weighted by Crippen LogP contribution is 2.38. The Labute approximate surface area is 242 Å². The van der Waals surface area contributed by atoms with Crippen molar-refractivity contribution in [2.24, 2.45) is 0 Å². The highest BCUT2D eigenvalue weighted by Gasteiger charge is 2.40. The molecule has 0 saturated carbocycles. The van der Waals surface area contributed by atoms with Crippen LogP contribution in [0.5, 0.6) is 0 Å². The van der Waals surface area contributed by atoms with Gasteiger partial charge in [0.25, 0.3) is 0 Å². The molecule has 1 rings (SSSR count). The minimum Gasteiger partial charge on any atom is -0.459 e. The van der Waals surface area contributed by atoms with E-state index in [9.17, 15) is 9.90 Å². The number of benzene rings is 1. The molecule has 0 aliphatic carbocycles. The van der Waals surface area contributed by atoms with Gasteiger partial charge in [0.2, 0.25) is 0 Å². The fraction of sp³-hybridized carbons (Fsp3) is 0.774. The van der Waals surface area contributed by atoms with Gasteiger partial charge in [-0.3, -0.25) is 4.90 Å². The van der Waals surface area contributed by atoms with Crippen LogP contribution < -0.4 is 0 Å². The first-order valence-electron chi connectivity index (χ1n) is 14.7. The topological polar surface area (TPSA) is 68.2 Å². The minimum absolute atomic E-state index is 0.115. The summed E-state index contributed by atoms with van der Waals surface area (Å²) < 4.78 is 18.6. The van der Waals surface area contributed by atoms with Crippen molar-refractivity contribution >= 4 is 22.6 Å². The van der Waals surface area contributed by atoms with Crippen molar-refractivity contribution in [3.05, 3.63) is 35.9 Å². The van der Waals surface area contributed by atoms with Gasteiger partial charge in [-0.1, -0.05) is 71.9 Å². The summed E-state index contributed by atoms with van der Waals surface area (Å²) in [5, 5.41) is 10.7. The Bertz CT molecular complexity index is 813. The number of esters is 1. The first-order valence-corrected chi connectivity index (χ1v) is 20.5. The molecular formula is C31H59NO5Si2. The van der Waals surface area contributed by atoms with E-state index in [2.05, 4.69) is 86.5 Å². The molecule has 1 aromatic carbocycles. The third-order valence-electron chi connectivity index (χ3n) is 8.33. The van der Waals surface area contributed by atoms with E-state index in [1.807, 2.05) is 30.3 Å². The Morgan fingerprint density at radius 1 is 0.846 bits per heavy atom. The van der Waals surface area contributed by atoms with Crippen molar-refractivity contribution in [2.75, 3.05) is 19.6 Å². The van der Waals surface area contributed by atoms with Gasteiger partial charge in [-0.2, -0.15) is 0 Å². The second-order valence-corrected chi connectivity index (χ2v) is 23.8. The van der Waals surface area contributed by atoms with Gasteiger partial charge in [0.15, 0.2) is 22.7 Å². The van der Waals surface area contributed by atoms with Crippen molar-refractivity contribution < 1.29 is 23.5 Å². The number of aliphatic hydroxyl groups excluding tert-OH is 1. The van der Waals surface area contributed by atoms with Crippen molar-refractivity contribution in [1.82, 2.24) is 4.90 Å². The molecule has 8 heteroatoms. The second-order valence-electron chi connectivity index (χ2n) is 14.2. The number of carbonyl (C=O) groups is 1. The average molecular weight is 582 g/mol. The lowest BCUT2D eigenvalue weighted by Gasteiger charge is -2.41. The highest BCUT2D eigenvalue weighted by molar-refractivity contribution is 6.74. The number of aliphatic hydroxyl groups is 1. The summed E-state index contributed by atoms with van der Waals surface area (Å²) in [7, 11) is -3.74. The smallest absolute Gasteiger partial charge is 0.335 e. The molecule has 1 aromatic rings. The standard InChI is InChI=1S/C31H59NO5Si2/c1-25(36-38(9,10)30(3,4)5)22-32(23-26(2)37-39(11,12)31(6,7)8)21-17-16-20-28(33)29(34)35-24-27-18-14-13-15-19-27/h13-15,18-19,25-26,28,33H,16-17,20-24H2,1-12H3/t25-,26-,28?/m1/s1. The minimum atomic E-state index is -1.87. The van der Waals surface area contributed by atoms with E-state index in [0.717, 1.165) is 38.0 Å². The Kier molecular flexibility index (Phi) is 14.1. The summed E-state index contributed by atoms with van der Waals surface area (Å²) in [6, 6.07) is 9.53. The van der Waals surface area contributed by atoms with Gasteiger partial charge in [0, 0.05) is 13.1 Å².